The van der Waals surface area contributed by atoms with E-state index in [1.807, 2.05) is 31.2 Å². The molecule has 0 heterocycles. The van der Waals surface area contributed by atoms with Gasteiger partial charge in [-0.05, 0) is 30.2 Å². The number of hydrogen-bond donors (Lipinski definition) is 3. The second-order valence-corrected chi connectivity index (χ2v) is 5.90. The van der Waals surface area contributed by atoms with Crippen molar-refractivity contribution in [3.05, 3.63) is 57.6 Å². The Morgan fingerprint density at radius 1 is 1.32 bits per heavy atom. The first-order chi connectivity index (χ1) is 10.4. The second kappa shape index (κ2) is 7.13. The van der Waals surface area contributed by atoms with Crippen molar-refractivity contribution >= 4 is 47.7 Å². The number of carbonyl (C=O) groups is 1. The minimum atomic E-state index is -0.500. The molecular formula is C15H14Cl2N2O2S. The number of nitrogens with one attached hydrogen (secondary N) is 1. The van der Waals surface area contributed by atoms with E-state index in [2.05, 4.69) is 18.1 Å². The molecule has 7 heteroatoms. The van der Waals surface area contributed by atoms with Crippen molar-refractivity contribution in [2.75, 3.05) is 4.31 Å². The molecule has 0 atom stereocenters. The lowest BCUT2D eigenvalue weighted by atomic mass is 10.1. The SMILES string of the molecule is Cc1ccccc1CNC(=O)N(S)c1cc(Cl)cc(Cl)c1O. The van der Waals surface area contributed by atoms with E-state index in [0.717, 1.165) is 15.4 Å². The van der Waals surface area contributed by atoms with Crippen molar-refractivity contribution in [2.45, 2.75) is 13.5 Å². The summed E-state index contributed by atoms with van der Waals surface area (Å²) in [5, 5.41) is 13.0. The third-order valence-electron chi connectivity index (χ3n) is 3.12. The van der Waals surface area contributed by atoms with Crippen LogP contribution in [0.5, 0.6) is 5.75 Å². The Balaban J connectivity index is 2.12. The quantitative estimate of drug-likeness (QED) is 0.705. The van der Waals surface area contributed by atoms with Crippen LogP contribution in [0.1, 0.15) is 11.1 Å². The van der Waals surface area contributed by atoms with Crippen molar-refractivity contribution in [1.29, 1.82) is 0 Å². The Hall–Kier alpha value is -1.56. The third kappa shape index (κ3) is 3.80. The summed E-state index contributed by atoms with van der Waals surface area (Å²) in [5.74, 6) is -0.257. The molecular weight excluding hydrogens is 343 g/mol. The Bertz CT molecular complexity index is 710. The summed E-state index contributed by atoms with van der Waals surface area (Å²) in [7, 11) is 0. The fourth-order valence-electron chi connectivity index (χ4n) is 1.88. The number of carbonyl (C=O) groups excluding carboxylic acids is 1. The number of amides is 2. The molecule has 0 saturated carbocycles. The van der Waals surface area contributed by atoms with Crippen LogP contribution in [0.2, 0.25) is 10.0 Å². The molecule has 2 aromatic carbocycles. The first kappa shape index (κ1) is 16.8. The standard InChI is InChI=1S/C15H14Cl2N2O2S/c1-9-4-2-3-5-10(9)8-18-15(21)19(22)13-7-11(16)6-12(17)14(13)20/h2-7,20,22H,8H2,1H3,(H,18,21). The topological polar surface area (TPSA) is 52.6 Å². The number of hydrogen-bond acceptors (Lipinski definition) is 3. The van der Waals surface area contributed by atoms with Gasteiger partial charge in [0.15, 0.2) is 5.75 Å². The Morgan fingerprint density at radius 2 is 2.00 bits per heavy atom. The van der Waals surface area contributed by atoms with Gasteiger partial charge in [0.05, 0.1) is 5.02 Å². The van der Waals surface area contributed by atoms with Crippen molar-refractivity contribution in [3.8, 4) is 5.75 Å². The summed E-state index contributed by atoms with van der Waals surface area (Å²) >= 11 is 15.8. The molecule has 0 bridgehead atoms. The lowest BCUT2D eigenvalue weighted by molar-refractivity contribution is 0.249. The largest absolute Gasteiger partial charge is 0.504 e. The number of aromatic hydroxyl groups is 1. The highest BCUT2D eigenvalue weighted by atomic mass is 35.5. The van der Waals surface area contributed by atoms with Gasteiger partial charge in [-0.1, -0.05) is 60.3 Å². The van der Waals surface area contributed by atoms with Crippen molar-refractivity contribution in [1.82, 2.24) is 5.32 Å². The number of urea groups is 1. The molecule has 0 radical (unpaired) electrons. The number of thiol groups is 1. The number of phenolic OH excluding ortho intramolecular Hbond substituents is 1. The zero-order chi connectivity index (χ0) is 16.3. The zero-order valence-corrected chi connectivity index (χ0v) is 14.1. The molecule has 0 aliphatic rings. The highest BCUT2D eigenvalue weighted by molar-refractivity contribution is 7.82. The van der Waals surface area contributed by atoms with E-state index in [1.54, 1.807) is 0 Å². The molecule has 0 aliphatic heterocycles. The van der Waals surface area contributed by atoms with Crippen LogP contribution in [-0.2, 0) is 6.54 Å². The van der Waals surface area contributed by atoms with E-state index >= 15 is 0 Å². The average molecular weight is 357 g/mol. The molecule has 0 aliphatic carbocycles. The van der Waals surface area contributed by atoms with E-state index in [0.29, 0.717) is 11.6 Å². The minimum absolute atomic E-state index is 0.0493. The predicted octanol–water partition coefficient (Wildman–Crippen LogP) is 4.57. The fraction of sp³-hybridized carbons (Fsp3) is 0.133. The molecule has 0 unspecified atom stereocenters. The monoisotopic (exact) mass is 356 g/mol. The molecule has 116 valence electrons. The number of benzene rings is 2. The van der Waals surface area contributed by atoms with Gasteiger partial charge in [0.2, 0.25) is 0 Å². The molecule has 4 nitrogen and oxygen atoms in total. The fourth-order valence-corrected chi connectivity index (χ4v) is 2.58. The molecule has 0 fully saturated rings. The number of anilines is 1. The van der Waals surface area contributed by atoms with Crippen LogP contribution in [0, 0.1) is 6.92 Å². The number of halogens is 2. The van der Waals surface area contributed by atoms with Gasteiger partial charge >= 0.3 is 6.03 Å². The van der Waals surface area contributed by atoms with E-state index < -0.39 is 6.03 Å². The summed E-state index contributed by atoms with van der Waals surface area (Å²) in [4.78, 5) is 12.1. The number of phenols is 1. The highest BCUT2D eigenvalue weighted by Gasteiger charge is 2.18. The average Bonchev–Trinajstić information content (AvgIpc) is 2.49. The lowest BCUT2D eigenvalue weighted by Crippen LogP contribution is -2.33. The van der Waals surface area contributed by atoms with Crippen LogP contribution in [-0.4, -0.2) is 11.1 Å². The Morgan fingerprint density at radius 3 is 2.68 bits per heavy atom. The minimum Gasteiger partial charge on any atom is -0.504 e. The Kier molecular flexibility index (Phi) is 5.45. The summed E-state index contributed by atoms with van der Waals surface area (Å²) in [6.45, 7) is 2.31. The van der Waals surface area contributed by atoms with Crippen LogP contribution in [0.25, 0.3) is 0 Å². The lowest BCUT2D eigenvalue weighted by Gasteiger charge is -2.19. The molecule has 0 saturated heterocycles. The van der Waals surface area contributed by atoms with E-state index in [9.17, 15) is 9.90 Å². The van der Waals surface area contributed by atoms with Gasteiger partial charge in [-0.2, -0.15) is 0 Å². The maximum atomic E-state index is 12.1. The van der Waals surface area contributed by atoms with Crippen molar-refractivity contribution in [2.24, 2.45) is 0 Å². The maximum Gasteiger partial charge on any atom is 0.332 e. The van der Waals surface area contributed by atoms with Crippen LogP contribution in [0.3, 0.4) is 0 Å². The van der Waals surface area contributed by atoms with Gasteiger partial charge in [0, 0.05) is 11.6 Å². The molecule has 22 heavy (non-hydrogen) atoms. The summed E-state index contributed by atoms with van der Waals surface area (Å²) < 4.78 is 0.964. The Labute approximate surface area is 144 Å². The maximum absolute atomic E-state index is 12.1. The second-order valence-electron chi connectivity index (χ2n) is 4.65. The van der Waals surface area contributed by atoms with Crippen LogP contribution < -0.4 is 9.62 Å². The summed E-state index contributed by atoms with van der Waals surface area (Å²) in [6.07, 6.45) is 0. The molecule has 2 N–H and O–H groups in total. The van der Waals surface area contributed by atoms with Gasteiger partial charge in [0.1, 0.15) is 5.69 Å². The summed E-state index contributed by atoms with van der Waals surface area (Å²) in [5.41, 5.74) is 2.18. The number of aryl methyl sites for hydroxylation is 1. The van der Waals surface area contributed by atoms with Crippen LogP contribution in [0.15, 0.2) is 36.4 Å². The van der Waals surface area contributed by atoms with Gasteiger partial charge < -0.3 is 10.4 Å². The van der Waals surface area contributed by atoms with E-state index in [4.69, 9.17) is 23.2 Å². The van der Waals surface area contributed by atoms with E-state index in [-0.39, 0.29) is 16.5 Å². The van der Waals surface area contributed by atoms with Gasteiger partial charge in [-0.25, -0.2) is 9.10 Å². The van der Waals surface area contributed by atoms with Gasteiger partial charge in [0.25, 0.3) is 0 Å². The van der Waals surface area contributed by atoms with Crippen LogP contribution in [0.4, 0.5) is 10.5 Å². The first-order valence-electron chi connectivity index (χ1n) is 6.39. The van der Waals surface area contributed by atoms with Crippen LogP contribution >= 0.6 is 36.0 Å². The van der Waals surface area contributed by atoms with E-state index in [1.165, 1.54) is 12.1 Å². The number of nitrogens with zero attached hydrogens (tertiary/aromatic N) is 1. The van der Waals surface area contributed by atoms with Gasteiger partial charge in [-0.15, -0.1) is 0 Å². The van der Waals surface area contributed by atoms with Crippen molar-refractivity contribution < 1.29 is 9.90 Å². The third-order valence-corrected chi connectivity index (χ3v) is 4.02. The summed E-state index contributed by atoms with van der Waals surface area (Å²) in [6, 6.07) is 10.00. The molecule has 2 rings (SSSR count). The normalized spacial score (nSPS) is 10.4. The van der Waals surface area contributed by atoms with Gasteiger partial charge in [-0.3, -0.25) is 0 Å². The zero-order valence-electron chi connectivity index (χ0n) is 11.7. The molecule has 2 aromatic rings. The number of rotatable bonds is 3. The molecule has 2 amide bonds. The predicted molar refractivity (Wildman–Crippen MR) is 93.0 cm³/mol. The molecule has 0 aromatic heterocycles. The smallest absolute Gasteiger partial charge is 0.332 e. The molecule has 0 spiro atoms. The first-order valence-corrected chi connectivity index (χ1v) is 7.55. The highest BCUT2D eigenvalue weighted by Crippen LogP contribution is 2.38. The van der Waals surface area contributed by atoms with Crippen molar-refractivity contribution in [3.63, 3.8) is 0 Å².